The molecule has 0 aliphatic rings. The number of rotatable bonds is 6. The summed E-state index contributed by atoms with van der Waals surface area (Å²) in [6.07, 6.45) is 4.46. The second-order valence-electron chi connectivity index (χ2n) is 7.98. The summed E-state index contributed by atoms with van der Waals surface area (Å²) in [6.45, 7) is 2.07. The highest BCUT2D eigenvalue weighted by atomic mass is 16.5. The maximum absolute atomic E-state index is 11.3. The Hall–Kier alpha value is -4.45. The van der Waals surface area contributed by atoms with Crippen molar-refractivity contribution in [3.8, 4) is 33.8 Å². The van der Waals surface area contributed by atoms with Crippen LogP contribution in [0.4, 0.5) is 0 Å². The van der Waals surface area contributed by atoms with Crippen molar-refractivity contribution in [2.75, 3.05) is 7.11 Å². The predicted octanol–water partition coefficient (Wildman–Crippen LogP) is 6.02. The molecule has 2 aromatic heterocycles. The number of benzene rings is 3. The SMILES string of the molecule is CCc1cc(-n2cc(-c3ccc(C(=O)O)cc3)c3ccc(-c4ccc(OC)cc4)cc32)ncn1. The first-order chi connectivity index (χ1) is 16.6. The van der Waals surface area contributed by atoms with E-state index >= 15 is 0 Å². The number of carboxylic acids is 1. The normalized spacial score (nSPS) is 11.0. The van der Waals surface area contributed by atoms with E-state index in [1.54, 1.807) is 25.6 Å². The monoisotopic (exact) mass is 449 g/mol. The molecule has 3 aromatic carbocycles. The van der Waals surface area contributed by atoms with Crippen LogP contribution < -0.4 is 4.74 Å². The molecule has 0 unspecified atom stereocenters. The van der Waals surface area contributed by atoms with Gasteiger partial charge < -0.3 is 14.4 Å². The summed E-state index contributed by atoms with van der Waals surface area (Å²) in [4.78, 5) is 20.2. The second kappa shape index (κ2) is 8.83. The molecule has 2 heterocycles. The third-order valence-corrected chi connectivity index (χ3v) is 5.99. The Morgan fingerprint density at radius 3 is 2.29 bits per heavy atom. The highest BCUT2D eigenvalue weighted by Crippen LogP contribution is 2.35. The van der Waals surface area contributed by atoms with Gasteiger partial charge in [-0.2, -0.15) is 0 Å². The average Bonchev–Trinajstić information content (AvgIpc) is 3.27. The van der Waals surface area contributed by atoms with Crippen molar-refractivity contribution < 1.29 is 14.6 Å². The molecule has 0 bridgehead atoms. The van der Waals surface area contributed by atoms with Crippen LogP contribution in [0.25, 0.3) is 39.0 Å². The number of hydrogen-bond acceptors (Lipinski definition) is 4. The zero-order chi connectivity index (χ0) is 23.7. The van der Waals surface area contributed by atoms with Crippen molar-refractivity contribution in [1.29, 1.82) is 0 Å². The van der Waals surface area contributed by atoms with Gasteiger partial charge in [-0.15, -0.1) is 0 Å². The number of carbonyl (C=O) groups is 1. The number of carboxylic acid groups (broad SMARTS) is 1. The summed E-state index contributed by atoms with van der Waals surface area (Å²) in [5.74, 6) is 0.664. The second-order valence-corrected chi connectivity index (χ2v) is 7.98. The van der Waals surface area contributed by atoms with Crippen molar-refractivity contribution >= 4 is 16.9 Å². The van der Waals surface area contributed by atoms with Crippen molar-refractivity contribution in [2.45, 2.75) is 13.3 Å². The molecule has 0 aliphatic carbocycles. The van der Waals surface area contributed by atoms with Gasteiger partial charge in [0, 0.05) is 28.9 Å². The van der Waals surface area contributed by atoms with E-state index in [-0.39, 0.29) is 5.56 Å². The van der Waals surface area contributed by atoms with Gasteiger partial charge in [0.1, 0.15) is 17.9 Å². The van der Waals surface area contributed by atoms with Crippen LogP contribution in [0.1, 0.15) is 23.0 Å². The molecular weight excluding hydrogens is 426 g/mol. The Morgan fingerprint density at radius 1 is 0.912 bits per heavy atom. The quantitative estimate of drug-likeness (QED) is 0.343. The molecule has 0 saturated carbocycles. The fraction of sp³-hybridized carbons (Fsp3) is 0.107. The molecule has 1 N–H and O–H groups in total. The summed E-state index contributed by atoms with van der Waals surface area (Å²) in [7, 11) is 1.66. The lowest BCUT2D eigenvalue weighted by atomic mass is 10.00. The standard InChI is InChI=1S/C28H23N3O3/c1-3-22-15-27(30-17-29-22)31-16-25(19-4-6-20(7-5-19)28(32)33)24-13-10-21(14-26(24)31)18-8-11-23(34-2)12-9-18/h4-17H,3H2,1-2H3,(H,32,33). The molecule has 5 rings (SSSR count). The van der Waals surface area contributed by atoms with Crippen molar-refractivity contribution in [1.82, 2.24) is 14.5 Å². The number of aromatic carboxylic acids is 1. The Morgan fingerprint density at radius 2 is 1.62 bits per heavy atom. The summed E-state index contributed by atoms with van der Waals surface area (Å²) >= 11 is 0. The fourth-order valence-electron chi connectivity index (χ4n) is 4.11. The number of aromatic nitrogens is 3. The minimum atomic E-state index is -0.939. The van der Waals surface area contributed by atoms with Crippen LogP contribution in [0, 0.1) is 0 Å². The number of nitrogens with zero attached hydrogens (tertiary/aromatic N) is 3. The number of aryl methyl sites for hydroxylation is 1. The average molecular weight is 450 g/mol. The third kappa shape index (κ3) is 3.90. The van der Waals surface area contributed by atoms with Gasteiger partial charge in [0.15, 0.2) is 0 Å². The van der Waals surface area contributed by atoms with Crippen molar-refractivity contribution in [3.63, 3.8) is 0 Å². The van der Waals surface area contributed by atoms with Crippen LogP contribution >= 0.6 is 0 Å². The Balaban J connectivity index is 1.70. The summed E-state index contributed by atoms with van der Waals surface area (Å²) in [6, 6.07) is 23.3. The lowest BCUT2D eigenvalue weighted by Gasteiger charge is -2.08. The summed E-state index contributed by atoms with van der Waals surface area (Å²) < 4.78 is 7.37. The van der Waals surface area contributed by atoms with Gasteiger partial charge >= 0.3 is 5.97 Å². The molecule has 5 aromatic rings. The molecule has 0 aliphatic heterocycles. The van der Waals surface area contributed by atoms with Crippen molar-refractivity contribution in [2.24, 2.45) is 0 Å². The summed E-state index contributed by atoms with van der Waals surface area (Å²) in [5.41, 5.74) is 6.34. The Labute approximate surface area is 197 Å². The largest absolute Gasteiger partial charge is 0.497 e. The predicted molar refractivity (Wildman–Crippen MR) is 133 cm³/mol. The first kappa shape index (κ1) is 21.4. The first-order valence-electron chi connectivity index (χ1n) is 11.0. The van der Waals surface area contributed by atoms with E-state index in [1.807, 2.05) is 42.5 Å². The number of ether oxygens (including phenoxy) is 1. The number of methoxy groups -OCH3 is 1. The highest BCUT2D eigenvalue weighted by Gasteiger charge is 2.15. The van der Waals surface area contributed by atoms with Crippen LogP contribution in [0.5, 0.6) is 5.75 Å². The van der Waals surface area contributed by atoms with Gasteiger partial charge in [-0.25, -0.2) is 14.8 Å². The highest BCUT2D eigenvalue weighted by molar-refractivity contribution is 5.99. The van der Waals surface area contributed by atoms with E-state index in [0.29, 0.717) is 0 Å². The topological polar surface area (TPSA) is 77.2 Å². The smallest absolute Gasteiger partial charge is 0.335 e. The molecule has 0 radical (unpaired) electrons. The van der Waals surface area contributed by atoms with Crippen LogP contribution in [0.15, 0.2) is 85.3 Å². The lowest BCUT2D eigenvalue weighted by Crippen LogP contribution is -1.99. The van der Waals surface area contributed by atoms with Gasteiger partial charge in [0.2, 0.25) is 0 Å². The first-order valence-corrected chi connectivity index (χ1v) is 11.0. The van der Waals surface area contributed by atoms with Crippen LogP contribution in [0.2, 0.25) is 0 Å². The third-order valence-electron chi connectivity index (χ3n) is 5.99. The van der Waals surface area contributed by atoms with Gasteiger partial charge in [0.05, 0.1) is 18.2 Å². The zero-order valence-electron chi connectivity index (χ0n) is 18.9. The van der Waals surface area contributed by atoms with E-state index in [4.69, 9.17) is 4.74 Å². The van der Waals surface area contributed by atoms with Gasteiger partial charge in [-0.3, -0.25) is 0 Å². The lowest BCUT2D eigenvalue weighted by molar-refractivity contribution is 0.0697. The van der Waals surface area contributed by atoms with Crippen LogP contribution in [0.3, 0.4) is 0 Å². The number of hydrogen-bond donors (Lipinski definition) is 1. The Kier molecular flexibility index (Phi) is 5.55. The molecule has 6 heteroatoms. The minimum Gasteiger partial charge on any atom is -0.497 e. The molecule has 0 fully saturated rings. The molecule has 0 spiro atoms. The molecule has 34 heavy (non-hydrogen) atoms. The minimum absolute atomic E-state index is 0.262. The molecular formula is C28H23N3O3. The molecule has 6 nitrogen and oxygen atoms in total. The van der Waals surface area contributed by atoms with E-state index in [2.05, 4.69) is 45.9 Å². The van der Waals surface area contributed by atoms with E-state index < -0.39 is 5.97 Å². The van der Waals surface area contributed by atoms with Gasteiger partial charge in [0.25, 0.3) is 0 Å². The van der Waals surface area contributed by atoms with E-state index in [9.17, 15) is 9.90 Å². The van der Waals surface area contributed by atoms with Gasteiger partial charge in [-0.1, -0.05) is 43.3 Å². The fourth-order valence-corrected chi connectivity index (χ4v) is 4.11. The maximum Gasteiger partial charge on any atom is 0.335 e. The van der Waals surface area contributed by atoms with E-state index in [1.165, 1.54) is 0 Å². The molecule has 0 amide bonds. The van der Waals surface area contributed by atoms with Crippen molar-refractivity contribution in [3.05, 3.63) is 96.6 Å². The molecule has 0 saturated heterocycles. The molecule has 0 atom stereocenters. The zero-order valence-corrected chi connectivity index (χ0v) is 18.9. The maximum atomic E-state index is 11.3. The summed E-state index contributed by atoms with van der Waals surface area (Å²) in [5, 5.41) is 10.3. The van der Waals surface area contributed by atoms with E-state index in [0.717, 1.165) is 56.8 Å². The Bertz CT molecular complexity index is 1490. The number of fused-ring (bicyclic) bond motifs is 1. The molecule has 168 valence electrons. The van der Waals surface area contributed by atoms with Crippen LogP contribution in [-0.2, 0) is 6.42 Å². The van der Waals surface area contributed by atoms with Gasteiger partial charge in [-0.05, 0) is 53.4 Å². The van der Waals surface area contributed by atoms with Crippen LogP contribution in [-0.4, -0.2) is 32.7 Å².